The summed E-state index contributed by atoms with van der Waals surface area (Å²) in [5.41, 5.74) is -13.7. The fraction of sp³-hybridized carbons (Fsp3) is 0.538. The van der Waals surface area contributed by atoms with Crippen molar-refractivity contribution < 1.29 is 93.0 Å². The molecule has 0 spiro atoms. The molecule has 0 atom stereocenters. The van der Waals surface area contributed by atoms with E-state index in [1.165, 1.54) is 6.92 Å². The summed E-state index contributed by atoms with van der Waals surface area (Å²) in [4.78, 5) is 0.876. The molecule has 0 fully saturated rings. The van der Waals surface area contributed by atoms with Gasteiger partial charge < -0.3 is 18.9 Å². The zero-order chi connectivity index (χ0) is 46.9. The van der Waals surface area contributed by atoms with E-state index in [1.54, 1.807) is 0 Å². The number of hydrogen-bond acceptors (Lipinski definition) is 4. The molecule has 0 saturated carbocycles. The summed E-state index contributed by atoms with van der Waals surface area (Å²) in [6.07, 6.45) is -24.6. The van der Waals surface area contributed by atoms with E-state index in [4.69, 9.17) is 14.0 Å². The van der Waals surface area contributed by atoms with Crippen molar-refractivity contribution in [2.75, 3.05) is 18.0 Å². The minimum atomic E-state index is -5.64. The molecule has 62 heavy (non-hydrogen) atoms. The van der Waals surface area contributed by atoms with Gasteiger partial charge in [-0.1, -0.05) is 71.1 Å². The fourth-order valence-electron chi connectivity index (χ4n) is 6.19. The molecule has 23 heteroatoms. The van der Waals surface area contributed by atoms with Gasteiger partial charge in [0, 0.05) is 13.1 Å². The van der Waals surface area contributed by atoms with Crippen LogP contribution in [0, 0.1) is 0 Å². The van der Waals surface area contributed by atoms with Crippen LogP contribution < -0.4 is 18.9 Å². The Morgan fingerprint density at radius 2 is 0.742 bits per heavy atom. The van der Waals surface area contributed by atoms with E-state index in [9.17, 15) is 79.0 Å². The molecular formula is C39H40BF18NO3. The molecule has 0 amide bonds. The van der Waals surface area contributed by atoms with E-state index < -0.39 is 119 Å². The number of alkyl halides is 18. The van der Waals surface area contributed by atoms with E-state index in [-0.39, 0.29) is 49.4 Å². The highest BCUT2D eigenvalue weighted by atomic mass is 19.4. The van der Waals surface area contributed by atoms with Crippen molar-refractivity contribution in [2.45, 2.75) is 122 Å². The molecule has 3 aromatic carbocycles. The van der Waals surface area contributed by atoms with Crippen LogP contribution in [0.1, 0.15) is 118 Å². The molecule has 3 aromatic rings. The van der Waals surface area contributed by atoms with Crippen LogP contribution in [0.5, 0.6) is 17.2 Å². The lowest BCUT2D eigenvalue weighted by Crippen LogP contribution is -2.38. The molecule has 0 radical (unpaired) electrons. The molecule has 0 saturated heterocycles. The van der Waals surface area contributed by atoms with Crippen LogP contribution in [0.4, 0.5) is 84.7 Å². The van der Waals surface area contributed by atoms with Gasteiger partial charge in [-0.15, -0.1) is 0 Å². The Hall–Kier alpha value is -4.34. The Labute approximate surface area is 344 Å². The van der Waals surface area contributed by atoms with Gasteiger partial charge in [0.2, 0.25) is 0 Å². The number of halogens is 18. The highest BCUT2D eigenvalue weighted by Gasteiger charge is 2.45. The van der Waals surface area contributed by atoms with Crippen molar-refractivity contribution in [3.63, 3.8) is 0 Å². The summed E-state index contributed by atoms with van der Waals surface area (Å²) >= 11 is 0. The van der Waals surface area contributed by atoms with Crippen molar-refractivity contribution in [2.24, 2.45) is 0 Å². The maximum absolute atomic E-state index is 14.7. The van der Waals surface area contributed by atoms with Crippen LogP contribution in [0.15, 0.2) is 48.5 Å². The van der Waals surface area contributed by atoms with Gasteiger partial charge in [0.05, 0.1) is 39.1 Å². The molecule has 0 N–H and O–H groups in total. The third-order valence-corrected chi connectivity index (χ3v) is 9.25. The van der Waals surface area contributed by atoms with Crippen molar-refractivity contribution in [1.29, 1.82) is 0 Å². The molecule has 0 aromatic heterocycles. The molecule has 0 heterocycles. The van der Waals surface area contributed by atoms with E-state index in [1.807, 2.05) is 0 Å². The fourth-order valence-corrected chi connectivity index (χ4v) is 6.19. The Balaban J connectivity index is 2.20. The minimum absolute atomic E-state index is 0.0754. The quantitative estimate of drug-likeness (QED) is 0.0642. The molecule has 0 bridgehead atoms. The molecule has 4 nitrogen and oxygen atoms in total. The number of hydrogen-bond donors (Lipinski definition) is 0. The maximum atomic E-state index is 14.7. The third-order valence-electron chi connectivity index (χ3n) is 9.25. The van der Waals surface area contributed by atoms with Crippen LogP contribution in [-0.2, 0) is 37.1 Å². The summed E-state index contributed by atoms with van der Waals surface area (Å²) in [5, 5.41) is 0. The first-order valence-corrected chi connectivity index (χ1v) is 19.1. The molecule has 3 rings (SSSR count). The van der Waals surface area contributed by atoms with Crippen molar-refractivity contribution in [1.82, 2.24) is 0 Å². The van der Waals surface area contributed by atoms with Gasteiger partial charge in [-0.2, -0.15) is 79.0 Å². The first-order valence-electron chi connectivity index (χ1n) is 19.1. The van der Waals surface area contributed by atoms with Gasteiger partial charge in [-0.05, 0) is 61.9 Å². The van der Waals surface area contributed by atoms with E-state index in [0.717, 1.165) is 56.3 Å². The lowest BCUT2D eigenvalue weighted by Gasteiger charge is -2.30. The summed E-state index contributed by atoms with van der Waals surface area (Å²) in [5.74, 6) is -4.69. The van der Waals surface area contributed by atoms with E-state index in [2.05, 4.69) is 6.92 Å². The van der Waals surface area contributed by atoms with Gasteiger partial charge in [0.15, 0.2) is 0 Å². The second-order valence-electron chi connectivity index (χ2n) is 14.1. The second kappa shape index (κ2) is 20.9. The van der Waals surface area contributed by atoms with E-state index in [0.29, 0.717) is 12.8 Å². The van der Waals surface area contributed by atoms with Crippen molar-refractivity contribution >= 4 is 13.0 Å². The van der Waals surface area contributed by atoms with Gasteiger partial charge in [0.25, 0.3) is 0 Å². The van der Waals surface area contributed by atoms with Crippen LogP contribution in [-0.4, -0.2) is 20.4 Å². The zero-order valence-corrected chi connectivity index (χ0v) is 32.9. The number of nitrogens with zero attached hydrogens (tertiary/aromatic N) is 1. The SMILES string of the molecule is CCCCCCCCCCCCCN(CC)c1c(OB(Oc2cc(C(F)(F)F)cc(C(F)(F)F)c2)Oc2cc(C(F)(F)F)cc(C(F)(F)F)c2)cc(C(F)(F)F)cc1C(F)(F)F. The van der Waals surface area contributed by atoms with Gasteiger partial charge in [0.1, 0.15) is 17.2 Å². The molecule has 0 aliphatic rings. The first-order chi connectivity index (χ1) is 28.4. The average molecular weight is 924 g/mol. The minimum Gasteiger partial charge on any atom is -0.490 e. The highest BCUT2D eigenvalue weighted by Crippen LogP contribution is 2.47. The van der Waals surface area contributed by atoms with Gasteiger partial charge in [-0.3, -0.25) is 0 Å². The van der Waals surface area contributed by atoms with Crippen molar-refractivity contribution in [3.05, 3.63) is 81.9 Å². The van der Waals surface area contributed by atoms with Crippen LogP contribution in [0.3, 0.4) is 0 Å². The molecule has 0 aliphatic carbocycles. The zero-order valence-electron chi connectivity index (χ0n) is 32.9. The molecule has 0 unspecified atom stereocenters. The molecular weight excluding hydrogens is 883 g/mol. The van der Waals surface area contributed by atoms with Gasteiger partial charge >= 0.3 is 44.4 Å². The lowest BCUT2D eigenvalue weighted by atomic mass is 10.0. The largest absolute Gasteiger partial charge is 0.864 e. The molecule has 348 valence electrons. The van der Waals surface area contributed by atoms with E-state index >= 15 is 0 Å². The lowest BCUT2D eigenvalue weighted by molar-refractivity contribution is -0.144. The number of benzene rings is 3. The smallest absolute Gasteiger partial charge is 0.490 e. The first kappa shape index (κ1) is 52.0. The van der Waals surface area contributed by atoms with Gasteiger partial charge in [-0.25, -0.2) is 0 Å². The normalized spacial score (nSPS) is 13.0. The Bertz CT molecular complexity index is 1740. The summed E-state index contributed by atoms with van der Waals surface area (Å²) < 4.78 is 266. The number of unbranched alkanes of at least 4 members (excludes halogenated alkanes) is 10. The third kappa shape index (κ3) is 15.8. The van der Waals surface area contributed by atoms with Crippen LogP contribution >= 0.6 is 0 Å². The maximum Gasteiger partial charge on any atom is 0.864 e. The van der Waals surface area contributed by atoms with Crippen LogP contribution in [0.2, 0.25) is 0 Å². The summed E-state index contributed by atoms with van der Waals surface area (Å²) in [7, 11) is -3.27. The predicted octanol–water partition coefficient (Wildman–Crippen LogP) is 15.5. The Morgan fingerprint density at radius 3 is 1.06 bits per heavy atom. The van der Waals surface area contributed by atoms with Crippen LogP contribution in [0.25, 0.3) is 0 Å². The number of rotatable bonds is 20. The Kier molecular flexibility index (Phi) is 17.5. The topological polar surface area (TPSA) is 30.9 Å². The monoisotopic (exact) mass is 923 g/mol. The summed E-state index contributed by atoms with van der Waals surface area (Å²) in [6.45, 7) is 2.63. The predicted molar refractivity (Wildman–Crippen MR) is 191 cm³/mol. The number of anilines is 1. The standard InChI is InChI=1S/C39H40BF18NO3/c1-3-5-6-7-8-9-10-11-12-13-14-15-59(4-2)33-31(39(56,57)58)22-28(38(53,54)55)23-32(33)62-40(60-29-18-24(34(41,42)43)16-25(19-29)35(44,45)46)61-30-20-26(36(47,48)49)17-27(21-30)37(50,51)52/h16-23H,3-15H2,1-2H3. The average Bonchev–Trinajstić information content (AvgIpc) is 3.13. The second-order valence-corrected chi connectivity index (χ2v) is 14.1. The molecule has 0 aliphatic heterocycles. The highest BCUT2D eigenvalue weighted by molar-refractivity contribution is 6.39. The Morgan fingerprint density at radius 1 is 0.403 bits per heavy atom. The van der Waals surface area contributed by atoms with Crippen molar-refractivity contribution in [3.8, 4) is 17.2 Å². The summed E-state index contributed by atoms with van der Waals surface area (Å²) in [6, 6.07) is -1.88.